The lowest BCUT2D eigenvalue weighted by Crippen LogP contribution is -2.24. The minimum absolute atomic E-state index is 0.00618. The van der Waals surface area contributed by atoms with Crippen molar-refractivity contribution < 1.29 is 14.2 Å². The third-order valence-electron chi connectivity index (χ3n) is 3.35. The second-order valence-corrected chi connectivity index (χ2v) is 5.79. The molecule has 1 atom stereocenters. The van der Waals surface area contributed by atoms with Gasteiger partial charge < -0.3 is 18.8 Å². The second kappa shape index (κ2) is 5.88. The smallest absolute Gasteiger partial charge is 0.163 e. The molecule has 1 fully saturated rings. The van der Waals surface area contributed by atoms with Crippen molar-refractivity contribution in [3.63, 3.8) is 0 Å². The summed E-state index contributed by atoms with van der Waals surface area (Å²) in [6.07, 6.45) is 3.39. The van der Waals surface area contributed by atoms with Crippen molar-refractivity contribution in [1.82, 2.24) is 14.5 Å². The van der Waals surface area contributed by atoms with Crippen molar-refractivity contribution in [2.24, 2.45) is 0 Å². The highest BCUT2D eigenvalue weighted by Crippen LogP contribution is 2.22. The van der Waals surface area contributed by atoms with Gasteiger partial charge >= 0.3 is 0 Å². The lowest BCUT2D eigenvalue weighted by molar-refractivity contribution is -0.145. The van der Waals surface area contributed by atoms with Crippen LogP contribution in [0.25, 0.3) is 11.0 Å². The maximum atomic E-state index is 6.10. The highest BCUT2D eigenvalue weighted by Gasteiger charge is 2.32. The zero-order valence-corrected chi connectivity index (χ0v) is 12.8. The van der Waals surface area contributed by atoms with Crippen LogP contribution in [0.5, 0.6) is 0 Å². The van der Waals surface area contributed by atoms with Crippen molar-refractivity contribution >= 4 is 22.6 Å². The van der Waals surface area contributed by atoms with Gasteiger partial charge in [-0.1, -0.05) is 11.6 Å². The molecule has 3 heterocycles. The zero-order chi connectivity index (χ0) is 14.9. The Hall–Kier alpha value is -1.21. The van der Waals surface area contributed by atoms with Crippen molar-refractivity contribution in [2.75, 3.05) is 19.8 Å². The van der Waals surface area contributed by atoms with Gasteiger partial charge in [0.15, 0.2) is 10.9 Å². The molecule has 0 saturated carbocycles. The van der Waals surface area contributed by atoms with E-state index in [1.165, 1.54) is 6.33 Å². The summed E-state index contributed by atoms with van der Waals surface area (Å²) in [5.74, 6) is -0.504. The highest BCUT2D eigenvalue weighted by molar-refractivity contribution is 6.33. The Bertz CT molecular complexity index is 629. The third kappa shape index (κ3) is 3.35. The van der Waals surface area contributed by atoms with Crippen LogP contribution in [-0.2, 0) is 20.8 Å². The normalized spacial score (nSPS) is 21.2. The molecule has 2 aromatic rings. The molecule has 1 unspecified atom stereocenters. The Morgan fingerprint density at radius 2 is 2.33 bits per heavy atom. The number of aromatic nitrogens is 3. The molecule has 114 valence electrons. The highest BCUT2D eigenvalue weighted by atomic mass is 35.5. The molecule has 0 aromatic carbocycles. The Morgan fingerprint density at radius 3 is 3.10 bits per heavy atom. The Labute approximate surface area is 128 Å². The van der Waals surface area contributed by atoms with Gasteiger partial charge in [0.1, 0.15) is 17.9 Å². The summed E-state index contributed by atoms with van der Waals surface area (Å²) < 4.78 is 18.8. The molecule has 0 aliphatic carbocycles. The molecule has 0 amide bonds. The van der Waals surface area contributed by atoms with Crippen molar-refractivity contribution in [2.45, 2.75) is 32.3 Å². The standard InChI is InChI=1S/C14H18ClN3O3/c1-14(2)20-8-10(21-14)7-19-6-5-18-4-3-11-12(18)13(15)17-9-16-11/h3-4,9-10H,5-8H2,1-2H3. The van der Waals surface area contributed by atoms with Gasteiger partial charge in [-0.05, 0) is 19.9 Å². The molecule has 1 saturated heterocycles. The summed E-state index contributed by atoms with van der Waals surface area (Å²) in [6, 6.07) is 1.92. The number of hydrogen-bond donors (Lipinski definition) is 0. The molecule has 0 bridgehead atoms. The van der Waals surface area contributed by atoms with E-state index in [1.54, 1.807) is 0 Å². The quantitative estimate of drug-likeness (QED) is 0.626. The average Bonchev–Trinajstić information content (AvgIpc) is 2.99. The fraction of sp³-hybridized carbons (Fsp3) is 0.571. The molecule has 0 radical (unpaired) electrons. The van der Waals surface area contributed by atoms with E-state index in [0.29, 0.717) is 31.5 Å². The maximum absolute atomic E-state index is 6.10. The molecule has 0 N–H and O–H groups in total. The summed E-state index contributed by atoms with van der Waals surface area (Å²) >= 11 is 6.10. The van der Waals surface area contributed by atoms with E-state index in [1.807, 2.05) is 30.7 Å². The van der Waals surface area contributed by atoms with Crippen molar-refractivity contribution in [3.8, 4) is 0 Å². The molecule has 3 rings (SSSR count). The summed E-state index contributed by atoms with van der Waals surface area (Å²) in [5.41, 5.74) is 1.67. The van der Waals surface area contributed by atoms with Crippen LogP contribution in [0.1, 0.15) is 13.8 Å². The lowest BCUT2D eigenvalue weighted by atomic mass is 10.4. The summed E-state index contributed by atoms with van der Waals surface area (Å²) in [5, 5.41) is 0.458. The SMILES string of the molecule is CC1(C)OCC(COCCn2ccc3ncnc(Cl)c32)O1. The van der Waals surface area contributed by atoms with Gasteiger partial charge in [0.05, 0.1) is 25.3 Å². The van der Waals surface area contributed by atoms with Crippen molar-refractivity contribution in [3.05, 3.63) is 23.7 Å². The summed E-state index contributed by atoms with van der Waals surface area (Å²) in [7, 11) is 0. The van der Waals surface area contributed by atoms with E-state index in [2.05, 4.69) is 9.97 Å². The number of halogens is 1. The number of nitrogens with zero attached hydrogens (tertiary/aromatic N) is 3. The first-order chi connectivity index (χ1) is 10.1. The van der Waals surface area contributed by atoms with E-state index in [-0.39, 0.29) is 6.10 Å². The fourth-order valence-electron chi connectivity index (χ4n) is 2.40. The predicted octanol–water partition coefficient (Wildman–Crippen LogP) is 2.25. The monoisotopic (exact) mass is 311 g/mol. The van der Waals surface area contributed by atoms with Crippen LogP contribution in [0.3, 0.4) is 0 Å². The maximum Gasteiger partial charge on any atom is 0.163 e. The van der Waals surface area contributed by atoms with Gasteiger partial charge in [0.2, 0.25) is 0 Å². The van der Waals surface area contributed by atoms with Gasteiger partial charge in [-0.25, -0.2) is 9.97 Å². The Kier molecular flexibility index (Phi) is 4.12. The Balaban J connectivity index is 1.51. The average molecular weight is 312 g/mol. The third-order valence-corrected chi connectivity index (χ3v) is 3.63. The van der Waals surface area contributed by atoms with Gasteiger partial charge in [-0.2, -0.15) is 0 Å². The molecule has 2 aromatic heterocycles. The molecule has 6 nitrogen and oxygen atoms in total. The van der Waals surface area contributed by atoms with Crippen LogP contribution in [0.4, 0.5) is 0 Å². The molecule has 1 aliphatic heterocycles. The fourth-order valence-corrected chi connectivity index (χ4v) is 2.65. The first kappa shape index (κ1) is 14.7. The number of rotatable bonds is 5. The van der Waals surface area contributed by atoms with Crippen LogP contribution in [0.15, 0.2) is 18.6 Å². The van der Waals surface area contributed by atoms with Gasteiger partial charge in [0, 0.05) is 12.7 Å². The molecular weight excluding hydrogens is 294 g/mol. The van der Waals surface area contributed by atoms with E-state index in [9.17, 15) is 0 Å². The molecule has 7 heteroatoms. The van der Waals surface area contributed by atoms with Crippen LogP contribution >= 0.6 is 11.6 Å². The van der Waals surface area contributed by atoms with E-state index in [0.717, 1.165) is 11.0 Å². The minimum atomic E-state index is -0.504. The molecular formula is C14H18ClN3O3. The van der Waals surface area contributed by atoms with Crippen LogP contribution in [0, 0.1) is 0 Å². The van der Waals surface area contributed by atoms with Gasteiger partial charge in [0.25, 0.3) is 0 Å². The second-order valence-electron chi connectivity index (χ2n) is 5.43. The zero-order valence-electron chi connectivity index (χ0n) is 12.1. The van der Waals surface area contributed by atoms with Crippen LogP contribution in [0.2, 0.25) is 5.15 Å². The first-order valence-electron chi connectivity index (χ1n) is 6.90. The van der Waals surface area contributed by atoms with E-state index >= 15 is 0 Å². The topological polar surface area (TPSA) is 58.4 Å². The van der Waals surface area contributed by atoms with Gasteiger partial charge in [-0.3, -0.25) is 0 Å². The molecule has 0 spiro atoms. The minimum Gasteiger partial charge on any atom is -0.377 e. The summed E-state index contributed by atoms with van der Waals surface area (Å²) in [6.45, 7) is 6.15. The first-order valence-corrected chi connectivity index (χ1v) is 7.28. The lowest BCUT2D eigenvalue weighted by Gasteiger charge is -2.17. The molecule has 1 aliphatic rings. The van der Waals surface area contributed by atoms with Crippen LogP contribution < -0.4 is 0 Å². The van der Waals surface area contributed by atoms with Crippen LogP contribution in [-0.4, -0.2) is 46.2 Å². The number of fused-ring (bicyclic) bond motifs is 1. The molecule has 21 heavy (non-hydrogen) atoms. The Morgan fingerprint density at radius 1 is 1.48 bits per heavy atom. The van der Waals surface area contributed by atoms with E-state index < -0.39 is 5.79 Å². The number of hydrogen-bond acceptors (Lipinski definition) is 5. The van der Waals surface area contributed by atoms with Crippen molar-refractivity contribution in [1.29, 1.82) is 0 Å². The van der Waals surface area contributed by atoms with E-state index in [4.69, 9.17) is 25.8 Å². The predicted molar refractivity (Wildman–Crippen MR) is 78.3 cm³/mol. The number of ether oxygens (including phenoxy) is 3. The van der Waals surface area contributed by atoms with Gasteiger partial charge in [-0.15, -0.1) is 0 Å². The summed E-state index contributed by atoms with van der Waals surface area (Å²) in [4.78, 5) is 8.18. The largest absolute Gasteiger partial charge is 0.377 e.